The van der Waals surface area contributed by atoms with E-state index in [9.17, 15) is 0 Å². The molecule has 0 atom stereocenters. The van der Waals surface area contributed by atoms with Gasteiger partial charge in [-0.3, -0.25) is 0 Å². The molecule has 0 aliphatic rings. The van der Waals surface area contributed by atoms with Gasteiger partial charge in [0.1, 0.15) is 5.75 Å². The molecule has 1 heterocycles. The third kappa shape index (κ3) is 2.32. The average molecular weight is 298 g/mol. The van der Waals surface area contributed by atoms with E-state index in [1.165, 1.54) is 0 Å². The minimum Gasteiger partial charge on any atom is -0.495 e. The number of nitrogens with zero attached hydrogens (tertiary/aromatic N) is 2. The highest BCUT2D eigenvalue weighted by atomic mass is 79.9. The lowest BCUT2D eigenvalue weighted by Crippen LogP contribution is -1.96. The van der Waals surface area contributed by atoms with E-state index >= 15 is 0 Å². The van der Waals surface area contributed by atoms with Crippen molar-refractivity contribution in [2.75, 3.05) is 7.11 Å². The number of benzene rings is 1. The van der Waals surface area contributed by atoms with Crippen LogP contribution in [-0.2, 0) is 6.54 Å². The van der Waals surface area contributed by atoms with Gasteiger partial charge in [0.15, 0.2) is 0 Å². The zero-order chi connectivity index (χ0) is 12.4. The van der Waals surface area contributed by atoms with Gasteiger partial charge in [-0.25, -0.2) is 0 Å². The molecular weight excluding hydrogens is 286 g/mol. The van der Waals surface area contributed by atoms with E-state index in [2.05, 4.69) is 26.1 Å². The summed E-state index contributed by atoms with van der Waals surface area (Å²) in [5.41, 5.74) is 7.28. The van der Waals surface area contributed by atoms with Crippen molar-refractivity contribution < 1.29 is 9.26 Å². The predicted molar refractivity (Wildman–Crippen MR) is 66.6 cm³/mol. The number of hydrogen-bond acceptors (Lipinski definition) is 5. The van der Waals surface area contributed by atoms with Gasteiger partial charge in [-0.1, -0.05) is 5.16 Å². The van der Waals surface area contributed by atoms with Crippen molar-refractivity contribution in [2.24, 2.45) is 5.73 Å². The second kappa shape index (κ2) is 4.85. The number of halogens is 1. The Hall–Kier alpha value is -1.40. The molecule has 5 nitrogen and oxygen atoms in total. The van der Waals surface area contributed by atoms with Crippen LogP contribution in [0.3, 0.4) is 0 Å². The normalized spacial score (nSPS) is 10.6. The lowest BCUT2D eigenvalue weighted by atomic mass is 10.1. The molecule has 0 saturated heterocycles. The number of rotatable bonds is 3. The Morgan fingerprint density at radius 2 is 2.24 bits per heavy atom. The van der Waals surface area contributed by atoms with Crippen molar-refractivity contribution in [1.29, 1.82) is 0 Å². The molecule has 90 valence electrons. The van der Waals surface area contributed by atoms with Gasteiger partial charge in [-0.05, 0) is 40.5 Å². The molecule has 0 aliphatic carbocycles. The van der Waals surface area contributed by atoms with E-state index < -0.39 is 0 Å². The first-order valence-electron chi connectivity index (χ1n) is 5.03. The smallest absolute Gasteiger partial charge is 0.240 e. The summed E-state index contributed by atoms with van der Waals surface area (Å²) in [6, 6.07) is 3.83. The Kier molecular flexibility index (Phi) is 3.44. The first kappa shape index (κ1) is 12.1. The summed E-state index contributed by atoms with van der Waals surface area (Å²) in [4.78, 5) is 4.17. The van der Waals surface area contributed by atoms with Crippen LogP contribution in [-0.4, -0.2) is 17.3 Å². The molecule has 0 amide bonds. The Morgan fingerprint density at radius 3 is 2.76 bits per heavy atom. The number of aromatic nitrogens is 2. The fourth-order valence-electron chi connectivity index (χ4n) is 1.57. The molecule has 0 fully saturated rings. The Labute approximate surface area is 107 Å². The van der Waals surface area contributed by atoms with E-state index in [1.54, 1.807) is 7.11 Å². The molecule has 0 bridgehead atoms. The summed E-state index contributed by atoms with van der Waals surface area (Å²) in [6.45, 7) is 2.19. The first-order valence-corrected chi connectivity index (χ1v) is 5.82. The summed E-state index contributed by atoms with van der Waals surface area (Å²) in [7, 11) is 1.63. The molecule has 1 aromatic heterocycles. The zero-order valence-electron chi connectivity index (χ0n) is 9.53. The van der Waals surface area contributed by atoms with Crippen LogP contribution >= 0.6 is 15.9 Å². The molecule has 0 saturated carbocycles. The van der Waals surface area contributed by atoms with Gasteiger partial charge in [0.05, 0.1) is 18.1 Å². The summed E-state index contributed by atoms with van der Waals surface area (Å²) in [5.74, 6) is 1.75. The monoisotopic (exact) mass is 297 g/mol. The highest BCUT2D eigenvalue weighted by molar-refractivity contribution is 9.10. The summed E-state index contributed by atoms with van der Waals surface area (Å²) < 4.78 is 11.1. The topological polar surface area (TPSA) is 74.2 Å². The van der Waals surface area contributed by atoms with E-state index in [0.717, 1.165) is 21.3 Å². The molecule has 17 heavy (non-hydrogen) atoms. The maximum Gasteiger partial charge on any atom is 0.240 e. The fourth-order valence-corrected chi connectivity index (χ4v) is 2.29. The van der Waals surface area contributed by atoms with Crippen LogP contribution in [0.25, 0.3) is 11.4 Å². The maximum atomic E-state index is 5.42. The molecule has 0 aliphatic heterocycles. The van der Waals surface area contributed by atoms with Crippen LogP contribution in [0.2, 0.25) is 0 Å². The fraction of sp³-hybridized carbons (Fsp3) is 0.273. The predicted octanol–water partition coefficient (Wildman–Crippen LogP) is 2.27. The minimum absolute atomic E-state index is 0.239. The van der Waals surface area contributed by atoms with Crippen molar-refractivity contribution in [3.05, 3.63) is 28.1 Å². The lowest BCUT2D eigenvalue weighted by Gasteiger charge is -2.08. The van der Waals surface area contributed by atoms with Crippen molar-refractivity contribution in [2.45, 2.75) is 13.5 Å². The van der Waals surface area contributed by atoms with Gasteiger partial charge >= 0.3 is 0 Å². The Morgan fingerprint density at radius 1 is 1.47 bits per heavy atom. The van der Waals surface area contributed by atoms with Crippen LogP contribution in [0.1, 0.15) is 11.5 Å². The molecule has 1 aromatic carbocycles. The second-order valence-electron chi connectivity index (χ2n) is 3.52. The molecular formula is C11H12BrN3O2. The number of aryl methyl sites for hydroxylation is 1. The largest absolute Gasteiger partial charge is 0.495 e. The standard InChI is InChI=1S/C11H12BrN3O2/c1-6-3-7(4-8(12)10(6)16-2)11-14-9(5-13)17-15-11/h3-4H,5,13H2,1-2H3. The average Bonchev–Trinajstić information content (AvgIpc) is 2.77. The van der Waals surface area contributed by atoms with Crippen molar-refractivity contribution in [3.8, 4) is 17.1 Å². The van der Waals surface area contributed by atoms with E-state index in [1.807, 2.05) is 19.1 Å². The van der Waals surface area contributed by atoms with Gasteiger partial charge in [-0.15, -0.1) is 0 Å². The number of nitrogens with two attached hydrogens (primary N) is 1. The number of ether oxygens (including phenoxy) is 1. The van der Waals surface area contributed by atoms with E-state index in [4.69, 9.17) is 15.0 Å². The maximum absolute atomic E-state index is 5.42. The Bertz CT molecular complexity index is 516. The molecule has 2 N–H and O–H groups in total. The highest BCUT2D eigenvalue weighted by Crippen LogP contribution is 2.33. The molecule has 0 unspecified atom stereocenters. The van der Waals surface area contributed by atoms with Gasteiger partial charge < -0.3 is 15.0 Å². The van der Waals surface area contributed by atoms with Gasteiger partial charge in [0.2, 0.25) is 11.7 Å². The van der Waals surface area contributed by atoms with Gasteiger partial charge in [0.25, 0.3) is 0 Å². The van der Waals surface area contributed by atoms with Crippen molar-refractivity contribution >= 4 is 15.9 Å². The molecule has 2 rings (SSSR count). The minimum atomic E-state index is 0.239. The van der Waals surface area contributed by atoms with Crippen LogP contribution in [0.15, 0.2) is 21.1 Å². The highest BCUT2D eigenvalue weighted by Gasteiger charge is 2.12. The van der Waals surface area contributed by atoms with Crippen molar-refractivity contribution in [3.63, 3.8) is 0 Å². The number of methoxy groups -OCH3 is 1. The lowest BCUT2D eigenvalue weighted by molar-refractivity contribution is 0.380. The third-order valence-electron chi connectivity index (χ3n) is 2.33. The van der Waals surface area contributed by atoms with Crippen molar-refractivity contribution in [1.82, 2.24) is 10.1 Å². The van der Waals surface area contributed by atoms with Crippen LogP contribution in [0.5, 0.6) is 5.75 Å². The molecule has 6 heteroatoms. The van der Waals surface area contributed by atoms with Crippen LogP contribution < -0.4 is 10.5 Å². The molecule has 0 radical (unpaired) electrons. The van der Waals surface area contributed by atoms with Gasteiger partial charge in [-0.2, -0.15) is 4.98 Å². The summed E-state index contributed by atoms with van der Waals surface area (Å²) >= 11 is 3.44. The van der Waals surface area contributed by atoms with Crippen LogP contribution in [0, 0.1) is 6.92 Å². The zero-order valence-corrected chi connectivity index (χ0v) is 11.1. The second-order valence-corrected chi connectivity index (χ2v) is 4.38. The SMILES string of the molecule is COc1c(C)cc(-c2noc(CN)n2)cc1Br. The van der Waals surface area contributed by atoms with E-state index in [0.29, 0.717) is 11.7 Å². The first-order chi connectivity index (χ1) is 8.15. The summed E-state index contributed by atoms with van der Waals surface area (Å²) in [6.07, 6.45) is 0. The quantitative estimate of drug-likeness (QED) is 0.941. The van der Waals surface area contributed by atoms with Gasteiger partial charge in [0, 0.05) is 5.56 Å². The van der Waals surface area contributed by atoms with Crippen LogP contribution in [0.4, 0.5) is 0 Å². The molecule has 2 aromatic rings. The third-order valence-corrected chi connectivity index (χ3v) is 2.92. The summed E-state index contributed by atoms with van der Waals surface area (Å²) in [5, 5.41) is 3.87. The molecule has 0 spiro atoms. The van der Waals surface area contributed by atoms with E-state index in [-0.39, 0.29) is 6.54 Å². The number of hydrogen-bond donors (Lipinski definition) is 1. The Balaban J connectivity index is 2.46.